The number of para-hydroxylation sites is 1. The lowest BCUT2D eigenvalue weighted by atomic mass is 10.1. The summed E-state index contributed by atoms with van der Waals surface area (Å²) in [6.07, 6.45) is 0. The van der Waals surface area contributed by atoms with Crippen LogP contribution in [0.4, 0.5) is 10.1 Å². The number of carbonyl (C=O) groups excluding carboxylic acids is 1. The molecular weight excluding hydrogens is 459 g/mol. The normalized spacial score (nSPS) is 11.1. The van der Waals surface area contributed by atoms with E-state index in [1.54, 1.807) is 11.9 Å². The first kappa shape index (κ1) is 21.0. The van der Waals surface area contributed by atoms with E-state index in [1.165, 1.54) is 48.5 Å². The van der Waals surface area contributed by atoms with E-state index in [0.717, 1.165) is 10.0 Å². The molecule has 0 spiro atoms. The van der Waals surface area contributed by atoms with Crippen LogP contribution in [0.15, 0.2) is 82.2 Å². The highest BCUT2D eigenvalue weighted by Crippen LogP contribution is 2.20. The Balaban J connectivity index is 1.72. The third kappa shape index (κ3) is 5.21. The number of amides is 1. The van der Waals surface area contributed by atoms with Crippen molar-refractivity contribution < 1.29 is 17.6 Å². The van der Waals surface area contributed by atoms with Crippen LogP contribution in [0, 0.1) is 5.82 Å². The highest BCUT2D eigenvalue weighted by atomic mass is 79.9. The topological polar surface area (TPSA) is 66.5 Å². The average Bonchev–Trinajstić information content (AvgIpc) is 2.71. The summed E-state index contributed by atoms with van der Waals surface area (Å²) in [6.45, 7) is 0.418. The molecule has 150 valence electrons. The van der Waals surface area contributed by atoms with Gasteiger partial charge in [-0.25, -0.2) is 12.8 Å². The molecule has 0 aliphatic carbocycles. The van der Waals surface area contributed by atoms with E-state index in [9.17, 15) is 17.6 Å². The lowest BCUT2D eigenvalue weighted by Gasteiger charge is -2.17. The molecule has 0 unspecified atom stereocenters. The predicted octanol–water partition coefficient (Wildman–Crippen LogP) is 4.66. The molecular formula is C21H18BrFN2O3S. The molecule has 29 heavy (non-hydrogen) atoms. The van der Waals surface area contributed by atoms with Crippen molar-refractivity contribution >= 4 is 37.5 Å². The summed E-state index contributed by atoms with van der Waals surface area (Å²) < 4.78 is 41.8. The molecule has 0 aromatic heterocycles. The van der Waals surface area contributed by atoms with Gasteiger partial charge in [0, 0.05) is 23.6 Å². The van der Waals surface area contributed by atoms with Crippen LogP contribution in [0.3, 0.4) is 0 Å². The number of benzene rings is 3. The summed E-state index contributed by atoms with van der Waals surface area (Å²) in [5.41, 5.74) is 1.19. The fourth-order valence-corrected chi connectivity index (χ4v) is 4.01. The Kier molecular flexibility index (Phi) is 6.34. The molecule has 3 aromatic carbocycles. The van der Waals surface area contributed by atoms with Crippen LogP contribution in [0.1, 0.15) is 15.9 Å². The van der Waals surface area contributed by atoms with E-state index in [-0.39, 0.29) is 16.5 Å². The number of nitrogens with zero attached hydrogens (tertiary/aromatic N) is 1. The molecule has 0 aliphatic heterocycles. The Bertz CT molecular complexity index is 1120. The van der Waals surface area contributed by atoms with Gasteiger partial charge in [-0.1, -0.05) is 40.2 Å². The Morgan fingerprint density at radius 1 is 1.00 bits per heavy atom. The van der Waals surface area contributed by atoms with Crippen molar-refractivity contribution in [3.63, 3.8) is 0 Å². The van der Waals surface area contributed by atoms with Crippen LogP contribution in [0.2, 0.25) is 0 Å². The summed E-state index contributed by atoms with van der Waals surface area (Å²) in [6, 6.07) is 18.7. The van der Waals surface area contributed by atoms with Crippen LogP contribution in [-0.2, 0) is 16.6 Å². The zero-order chi connectivity index (χ0) is 21.0. The van der Waals surface area contributed by atoms with Gasteiger partial charge in [0.05, 0.1) is 10.6 Å². The van der Waals surface area contributed by atoms with Crippen LogP contribution < -0.4 is 4.72 Å². The van der Waals surface area contributed by atoms with Gasteiger partial charge in [0.1, 0.15) is 5.82 Å². The SMILES string of the molecule is CN(Cc1ccc(Br)cc1)C(=O)c1ccc(S(=O)(=O)Nc2ccccc2F)cc1. The predicted molar refractivity (Wildman–Crippen MR) is 114 cm³/mol. The van der Waals surface area contributed by atoms with E-state index >= 15 is 0 Å². The van der Waals surface area contributed by atoms with Gasteiger partial charge in [0.15, 0.2) is 0 Å². The number of carbonyl (C=O) groups is 1. The summed E-state index contributed by atoms with van der Waals surface area (Å²) in [4.78, 5) is 14.1. The lowest BCUT2D eigenvalue weighted by molar-refractivity contribution is 0.0785. The molecule has 0 saturated heterocycles. The van der Waals surface area contributed by atoms with E-state index in [0.29, 0.717) is 12.1 Å². The zero-order valence-electron chi connectivity index (χ0n) is 15.5. The molecule has 0 saturated carbocycles. The minimum atomic E-state index is -3.97. The molecule has 8 heteroatoms. The average molecular weight is 477 g/mol. The van der Waals surface area contributed by atoms with Crippen molar-refractivity contribution in [2.45, 2.75) is 11.4 Å². The second-order valence-electron chi connectivity index (χ2n) is 6.40. The molecule has 0 radical (unpaired) electrons. The monoisotopic (exact) mass is 476 g/mol. The van der Waals surface area contributed by atoms with Gasteiger partial charge >= 0.3 is 0 Å². The number of hydrogen-bond acceptors (Lipinski definition) is 3. The Morgan fingerprint density at radius 2 is 1.62 bits per heavy atom. The van der Waals surface area contributed by atoms with Gasteiger partial charge < -0.3 is 4.90 Å². The van der Waals surface area contributed by atoms with Crippen molar-refractivity contribution in [1.29, 1.82) is 0 Å². The molecule has 0 heterocycles. The van der Waals surface area contributed by atoms with Crippen molar-refractivity contribution in [1.82, 2.24) is 4.90 Å². The number of sulfonamides is 1. The van der Waals surface area contributed by atoms with Crippen molar-refractivity contribution in [3.8, 4) is 0 Å². The maximum absolute atomic E-state index is 13.7. The molecule has 5 nitrogen and oxygen atoms in total. The highest BCUT2D eigenvalue weighted by Gasteiger charge is 2.18. The van der Waals surface area contributed by atoms with Crippen LogP contribution in [-0.4, -0.2) is 26.3 Å². The lowest BCUT2D eigenvalue weighted by Crippen LogP contribution is -2.26. The van der Waals surface area contributed by atoms with Gasteiger partial charge in [0.2, 0.25) is 0 Å². The smallest absolute Gasteiger partial charge is 0.261 e. The third-order valence-electron chi connectivity index (χ3n) is 4.21. The first-order valence-corrected chi connectivity index (χ1v) is 10.9. The Labute approximate surface area is 177 Å². The summed E-state index contributed by atoms with van der Waals surface area (Å²) >= 11 is 3.37. The van der Waals surface area contributed by atoms with E-state index in [2.05, 4.69) is 20.7 Å². The number of rotatable bonds is 6. The van der Waals surface area contributed by atoms with Gasteiger partial charge in [-0.05, 0) is 54.1 Å². The van der Waals surface area contributed by atoms with Crippen molar-refractivity contribution in [3.05, 3.63) is 94.2 Å². The number of hydrogen-bond donors (Lipinski definition) is 1. The Hall–Kier alpha value is -2.71. The third-order valence-corrected chi connectivity index (χ3v) is 6.12. The zero-order valence-corrected chi connectivity index (χ0v) is 17.9. The second kappa shape index (κ2) is 8.75. The molecule has 1 amide bonds. The molecule has 0 aliphatic rings. The van der Waals surface area contributed by atoms with Crippen molar-refractivity contribution in [2.24, 2.45) is 0 Å². The van der Waals surface area contributed by atoms with Crippen LogP contribution in [0.5, 0.6) is 0 Å². The van der Waals surface area contributed by atoms with Crippen LogP contribution in [0.25, 0.3) is 0 Å². The van der Waals surface area contributed by atoms with Gasteiger partial charge in [-0.15, -0.1) is 0 Å². The van der Waals surface area contributed by atoms with E-state index in [4.69, 9.17) is 0 Å². The van der Waals surface area contributed by atoms with Gasteiger partial charge in [0.25, 0.3) is 15.9 Å². The standard InChI is InChI=1S/C21H18BrFN2O3S/c1-25(14-15-6-10-17(22)11-7-15)21(26)16-8-12-18(13-9-16)29(27,28)24-20-5-3-2-4-19(20)23/h2-13,24H,14H2,1H3. The fraction of sp³-hybridized carbons (Fsp3) is 0.0952. The summed E-state index contributed by atoms with van der Waals surface area (Å²) in [7, 11) is -2.30. The highest BCUT2D eigenvalue weighted by molar-refractivity contribution is 9.10. The maximum Gasteiger partial charge on any atom is 0.261 e. The first-order chi connectivity index (χ1) is 13.8. The van der Waals surface area contributed by atoms with Crippen molar-refractivity contribution in [2.75, 3.05) is 11.8 Å². The molecule has 0 bridgehead atoms. The minimum Gasteiger partial charge on any atom is -0.337 e. The number of nitrogens with one attached hydrogen (secondary N) is 1. The van der Waals surface area contributed by atoms with Gasteiger partial charge in [-0.3, -0.25) is 9.52 Å². The molecule has 0 atom stereocenters. The quantitative estimate of drug-likeness (QED) is 0.562. The maximum atomic E-state index is 13.7. The largest absolute Gasteiger partial charge is 0.337 e. The Morgan fingerprint density at radius 3 is 2.24 bits per heavy atom. The molecule has 3 rings (SSSR count). The number of halogens is 2. The fourth-order valence-electron chi connectivity index (χ4n) is 2.68. The van der Waals surface area contributed by atoms with E-state index in [1.807, 2.05) is 24.3 Å². The summed E-state index contributed by atoms with van der Waals surface area (Å²) in [5.74, 6) is -0.906. The van der Waals surface area contributed by atoms with E-state index < -0.39 is 15.8 Å². The van der Waals surface area contributed by atoms with Gasteiger partial charge in [-0.2, -0.15) is 0 Å². The minimum absolute atomic E-state index is 0.0622. The molecule has 3 aromatic rings. The second-order valence-corrected chi connectivity index (χ2v) is 9.00. The molecule has 0 fully saturated rings. The number of anilines is 1. The first-order valence-electron chi connectivity index (χ1n) is 8.63. The molecule has 1 N–H and O–H groups in total. The van der Waals surface area contributed by atoms with Crippen LogP contribution >= 0.6 is 15.9 Å². The summed E-state index contributed by atoms with van der Waals surface area (Å²) in [5, 5.41) is 0.